The first-order valence-corrected chi connectivity index (χ1v) is 4.37. The van der Waals surface area contributed by atoms with Crippen LogP contribution in [0.15, 0.2) is 0 Å². The molecule has 0 aliphatic carbocycles. The number of carboxylic acid groups (broad SMARTS) is 1. The lowest BCUT2D eigenvalue weighted by molar-refractivity contribution is -0.157. The van der Waals surface area contributed by atoms with E-state index in [9.17, 15) is 9.59 Å². The minimum atomic E-state index is -1.73. The molecule has 0 aliphatic heterocycles. The number of hydrogen-bond acceptors (Lipinski definition) is 4. The molecule has 0 spiro atoms. The van der Waals surface area contributed by atoms with E-state index >= 15 is 0 Å². The van der Waals surface area contributed by atoms with Crippen LogP contribution in [0.2, 0.25) is 0 Å². The van der Waals surface area contributed by atoms with Gasteiger partial charge >= 0.3 is 5.97 Å². The maximum absolute atomic E-state index is 11.3. The standard InChI is InChI=1S/C9H16O5/c1-6(2)7(12)3-9(4-10,5-11)8(13)14/h6,10-11H,3-5H2,1-2H3,(H,13,14). The Morgan fingerprint density at radius 3 is 1.86 bits per heavy atom. The number of hydrogen-bond donors (Lipinski definition) is 3. The van der Waals surface area contributed by atoms with E-state index in [4.69, 9.17) is 15.3 Å². The molecule has 0 bridgehead atoms. The molecule has 0 radical (unpaired) electrons. The van der Waals surface area contributed by atoms with Crippen LogP contribution in [0, 0.1) is 11.3 Å². The first-order valence-electron chi connectivity index (χ1n) is 4.37. The molecule has 14 heavy (non-hydrogen) atoms. The third-order valence-corrected chi connectivity index (χ3v) is 2.22. The number of ketones is 1. The van der Waals surface area contributed by atoms with Gasteiger partial charge in [0.15, 0.2) is 0 Å². The zero-order valence-corrected chi connectivity index (χ0v) is 8.36. The summed E-state index contributed by atoms with van der Waals surface area (Å²) in [5, 5.41) is 26.6. The molecular formula is C9H16O5. The van der Waals surface area contributed by atoms with Crippen molar-refractivity contribution in [3.8, 4) is 0 Å². The van der Waals surface area contributed by atoms with Gasteiger partial charge in [0.25, 0.3) is 0 Å². The molecule has 0 fully saturated rings. The lowest BCUT2D eigenvalue weighted by Crippen LogP contribution is -2.41. The molecule has 0 aromatic carbocycles. The maximum Gasteiger partial charge on any atom is 0.314 e. The van der Waals surface area contributed by atoms with Crippen molar-refractivity contribution < 1.29 is 24.9 Å². The molecule has 5 heteroatoms. The highest BCUT2D eigenvalue weighted by Crippen LogP contribution is 2.23. The summed E-state index contributed by atoms with van der Waals surface area (Å²) in [7, 11) is 0. The Balaban J connectivity index is 4.68. The quantitative estimate of drug-likeness (QED) is 0.550. The van der Waals surface area contributed by atoms with Crippen LogP contribution in [0.25, 0.3) is 0 Å². The summed E-state index contributed by atoms with van der Waals surface area (Å²) in [5.74, 6) is -1.93. The fourth-order valence-electron chi connectivity index (χ4n) is 0.910. The Labute approximate surface area is 82.4 Å². The molecule has 0 atom stereocenters. The van der Waals surface area contributed by atoms with Crippen LogP contribution in [0.4, 0.5) is 0 Å². The normalized spacial score (nSPS) is 11.8. The predicted octanol–water partition coefficient (Wildman–Crippen LogP) is -0.343. The van der Waals surface area contributed by atoms with Crippen molar-refractivity contribution in [2.24, 2.45) is 11.3 Å². The van der Waals surface area contributed by atoms with Gasteiger partial charge in [0.05, 0.1) is 13.2 Å². The van der Waals surface area contributed by atoms with Crippen molar-refractivity contribution >= 4 is 11.8 Å². The molecule has 82 valence electrons. The van der Waals surface area contributed by atoms with Crippen LogP contribution in [-0.4, -0.2) is 40.3 Å². The third kappa shape index (κ3) is 2.78. The lowest BCUT2D eigenvalue weighted by atomic mass is 9.82. The highest BCUT2D eigenvalue weighted by Gasteiger charge is 2.40. The second-order valence-electron chi connectivity index (χ2n) is 3.70. The van der Waals surface area contributed by atoms with Crippen LogP contribution in [0.5, 0.6) is 0 Å². The summed E-state index contributed by atoms with van der Waals surface area (Å²) in [6, 6.07) is 0. The number of aliphatic hydroxyl groups is 2. The van der Waals surface area contributed by atoms with Gasteiger partial charge in [0, 0.05) is 12.3 Å². The number of carbonyl (C=O) groups excluding carboxylic acids is 1. The molecule has 0 unspecified atom stereocenters. The van der Waals surface area contributed by atoms with Crippen LogP contribution >= 0.6 is 0 Å². The van der Waals surface area contributed by atoms with Crippen LogP contribution in [0.1, 0.15) is 20.3 Å². The van der Waals surface area contributed by atoms with Gasteiger partial charge in [-0.25, -0.2) is 0 Å². The van der Waals surface area contributed by atoms with Crippen molar-refractivity contribution in [1.82, 2.24) is 0 Å². The van der Waals surface area contributed by atoms with Gasteiger partial charge in [-0.2, -0.15) is 0 Å². The smallest absolute Gasteiger partial charge is 0.314 e. The largest absolute Gasteiger partial charge is 0.481 e. The fourth-order valence-corrected chi connectivity index (χ4v) is 0.910. The van der Waals surface area contributed by atoms with Gasteiger partial charge in [-0.15, -0.1) is 0 Å². The number of aliphatic hydroxyl groups excluding tert-OH is 2. The molecule has 0 aromatic heterocycles. The van der Waals surface area contributed by atoms with Crippen LogP contribution in [0.3, 0.4) is 0 Å². The van der Waals surface area contributed by atoms with Gasteiger partial charge in [-0.1, -0.05) is 13.8 Å². The second kappa shape index (κ2) is 5.07. The van der Waals surface area contributed by atoms with Crippen molar-refractivity contribution in [3.63, 3.8) is 0 Å². The van der Waals surface area contributed by atoms with E-state index < -0.39 is 24.6 Å². The average molecular weight is 204 g/mol. The number of carbonyl (C=O) groups is 2. The number of carboxylic acids is 1. The lowest BCUT2D eigenvalue weighted by Gasteiger charge is -2.24. The first kappa shape index (κ1) is 13.1. The van der Waals surface area contributed by atoms with Gasteiger partial charge in [0.2, 0.25) is 0 Å². The highest BCUT2D eigenvalue weighted by atomic mass is 16.4. The van der Waals surface area contributed by atoms with Crippen molar-refractivity contribution in [2.75, 3.05) is 13.2 Å². The Morgan fingerprint density at radius 2 is 1.64 bits per heavy atom. The maximum atomic E-state index is 11.3. The molecule has 0 heterocycles. The average Bonchev–Trinajstić information content (AvgIpc) is 2.13. The molecule has 5 nitrogen and oxygen atoms in total. The number of rotatable bonds is 6. The monoisotopic (exact) mass is 204 g/mol. The summed E-state index contributed by atoms with van der Waals surface area (Å²) in [6.07, 6.45) is -0.340. The van der Waals surface area contributed by atoms with E-state index in [-0.39, 0.29) is 18.1 Å². The summed E-state index contributed by atoms with van der Waals surface area (Å²) in [4.78, 5) is 22.1. The van der Waals surface area contributed by atoms with E-state index in [1.807, 2.05) is 0 Å². The van der Waals surface area contributed by atoms with E-state index in [1.54, 1.807) is 13.8 Å². The Morgan fingerprint density at radius 1 is 1.21 bits per heavy atom. The van der Waals surface area contributed by atoms with E-state index in [2.05, 4.69) is 0 Å². The first-order chi connectivity index (χ1) is 6.39. The van der Waals surface area contributed by atoms with Gasteiger partial charge in [-0.3, -0.25) is 9.59 Å². The second-order valence-corrected chi connectivity index (χ2v) is 3.70. The van der Waals surface area contributed by atoms with Gasteiger partial charge in [0.1, 0.15) is 11.2 Å². The molecule has 0 saturated heterocycles. The molecule has 3 N–H and O–H groups in total. The minimum absolute atomic E-state index is 0.282. The van der Waals surface area contributed by atoms with Crippen molar-refractivity contribution in [2.45, 2.75) is 20.3 Å². The topological polar surface area (TPSA) is 94.8 Å². The molecule has 0 aliphatic rings. The molecule has 0 amide bonds. The zero-order valence-electron chi connectivity index (χ0n) is 8.36. The molecule has 0 aromatic rings. The predicted molar refractivity (Wildman–Crippen MR) is 48.7 cm³/mol. The Kier molecular flexibility index (Phi) is 4.73. The molecular weight excluding hydrogens is 188 g/mol. The molecule has 0 saturated carbocycles. The van der Waals surface area contributed by atoms with E-state index in [1.165, 1.54) is 0 Å². The SMILES string of the molecule is CC(C)C(=O)CC(CO)(CO)C(=O)O. The zero-order chi connectivity index (χ0) is 11.4. The summed E-state index contributed by atoms with van der Waals surface area (Å²) >= 11 is 0. The van der Waals surface area contributed by atoms with Crippen molar-refractivity contribution in [3.05, 3.63) is 0 Å². The third-order valence-electron chi connectivity index (χ3n) is 2.22. The summed E-state index contributed by atoms with van der Waals surface area (Å²) in [6.45, 7) is 1.81. The fraction of sp³-hybridized carbons (Fsp3) is 0.778. The van der Waals surface area contributed by atoms with Crippen molar-refractivity contribution in [1.29, 1.82) is 0 Å². The van der Waals surface area contributed by atoms with Gasteiger partial charge < -0.3 is 15.3 Å². The van der Waals surface area contributed by atoms with Gasteiger partial charge in [-0.05, 0) is 0 Å². The number of Topliss-reactive ketones (excluding diaryl/α,β-unsaturated/α-hetero) is 1. The minimum Gasteiger partial charge on any atom is -0.481 e. The summed E-state index contributed by atoms with van der Waals surface area (Å²) in [5.41, 5.74) is -1.73. The van der Waals surface area contributed by atoms with Crippen LogP contribution in [-0.2, 0) is 9.59 Å². The number of aliphatic carboxylic acids is 1. The van der Waals surface area contributed by atoms with Crippen LogP contribution < -0.4 is 0 Å². The Hall–Kier alpha value is -0.940. The Bertz CT molecular complexity index is 217. The van der Waals surface area contributed by atoms with E-state index in [0.717, 1.165) is 0 Å². The highest BCUT2D eigenvalue weighted by molar-refractivity contribution is 5.87. The van der Waals surface area contributed by atoms with E-state index in [0.29, 0.717) is 0 Å². The summed E-state index contributed by atoms with van der Waals surface area (Å²) < 4.78 is 0. The molecule has 0 rings (SSSR count).